The van der Waals surface area contributed by atoms with Crippen LogP contribution >= 0.6 is 11.6 Å². The molecule has 0 spiro atoms. The van der Waals surface area contributed by atoms with Crippen LogP contribution in [0.1, 0.15) is 37.3 Å². The molecule has 1 saturated heterocycles. The van der Waals surface area contributed by atoms with E-state index in [9.17, 15) is 9.90 Å². The third-order valence-electron chi connectivity index (χ3n) is 3.43. The summed E-state index contributed by atoms with van der Waals surface area (Å²) >= 11 is 5.85. The first-order chi connectivity index (χ1) is 8.68. The van der Waals surface area contributed by atoms with E-state index in [1.54, 1.807) is 12.1 Å². The Morgan fingerprint density at radius 1 is 1.11 bits per heavy atom. The van der Waals surface area contributed by atoms with E-state index in [2.05, 4.69) is 4.90 Å². The van der Waals surface area contributed by atoms with Crippen LogP contribution in [0.3, 0.4) is 0 Å². The molecule has 1 aliphatic rings. The molecule has 1 heterocycles. The number of hydrogen-bond donors (Lipinski definition) is 1. The summed E-state index contributed by atoms with van der Waals surface area (Å²) < 4.78 is 0. The lowest BCUT2D eigenvalue weighted by atomic mass is 10.1. The van der Waals surface area contributed by atoms with E-state index in [0.717, 1.165) is 31.5 Å². The molecule has 1 aromatic rings. The van der Waals surface area contributed by atoms with Gasteiger partial charge in [0.2, 0.25) is 0 Å². The molecule has 98 valence electrons. The zero-order valence-electron chi connectivity index (χ0n) is 10.3. The van der Waals surface area contributed by atoms with Gasteiger partial charge in [-0.1, -0.05) is 36.6 Å². The van der Waals surface area contributed by atoms with E-state index < -0.39 is 12.0 Å². The van der Waals surface area contributed by atoms with Gasteiger partial charge in [-0.25, -0.2) is 0 Å². The van der Waals surface area contributed by atoms with Crippen LogP contribution in [0, 0.1) is 0 Å². The lowest BCUT2D eigenvalue weighted by Crippen LogP contribution is -2.34. The fourth-order valence-electron chi connectivity index (χ4n) is 2.51. The van der Waals surface area contributed by atoms with Gasteiger partial charge in [-0.2, -0.15) is 0 Å². The molecule has 1 N–H and O–H groups in total. The zero-order chi connectivity index (χ0) is 13.0. The van der Waals surface area contributed by atoms with Crippen LogP contribution in [0.15, 0.2) is 24.3 Å². The van der Waals surface area contributed by atoms with Crippen LogP contribution in [0.4, 0.5) is 0 Å². The van der Waals surface area contributed by atoms with Gasteiger partial charge in [0.1, 0.15) is 6.04 Å². The second-order valence-electron chi connectivity index (χ2n) is 4.74. The van der Waals surface area contributed by atoms with Crippen LogP contribution < -0.4 is 0 Å². The zero-order valence-corrected chi connectivity index (χ0v) is 11.1. The van der Waals surface area contributed by atoms with Crippen molar-refractivity contribution in [2.75, 3.05) is 13.1 Å². The number of halogens is 1. The second-order valence-corrected chi connectivity index (χ2v) is 5.18. The second kappa shape index (κ2) is 6.21. The van der Waals surface area contributed by atoms with E-state index in [1.807, 2.05) is 12.1 Å². The van der Waals surface area contributed by atoms with Gasteiger partial charge in [0.05, 0.1) is 0 Å². The number of aliphatic carboxylic acids is 1. The van der Waals surface area contributed by atoms with Gasteiger partial charge in [-0.05, 0) is 43.6 Å². The summed E-state index contributed by atoms with van der Waals surface area (Å²) in [6.07, 6.45) is 4.56. The summed E-state index contributed by atoms with van der Waals surface area (Å²) in [5.41, 5.74) is 0.814. The third-order valence-corrected chi connectivity index (χ3v) is 3.68. The fourth-order valence-corrected chi connectivity index (χ4v) is 2.63. The summed E-state index contributed by atoms with van der Waals surface area (Å²) in [7, 11) is 0. The lowest BCUT2D eigenvalue weighted by Gasteiger charge is -2.27. The smallest absolute Gasteiger partial charge is 0.325 e. The van der Waals surface area contributed by atoms with Crippen molar-refractivity contribution in [1.82, 2.24) is 4.90 Å². The molecule has 18 heavy (non-hydrogen) atoms. The number of carbonyl (C=O) groups is 1. The normalized spacial score (nSPS) is 19.2. The Morgan fingerprint density at radius 3 is 2.17 bits per heavy atom. The summed E-state index contributed by atoms with van der Waals surface area (Å²) in [6, 6.07) is 6.59. The molecule has 0 aliphatic carbocycles. The maximum absolute atomic E-state index is 11.5. The molecule has 0 radical (unpaired) electrons. The Morgan fingerprint density at radius 2 is 1.67 bits per heavy atom. The third kappa shape index (κ3) is 3.24. The molecule has 1 aromatic carbocycles. The van der Waals surface area contributed by atoms with Crippen molar-refractivity contribution in [3.05, 3.63) is 34.9 Å². The minimum Gasteiger partial charge on any atom is -0.480 e. The number of carboxylic acids is 1. The maximum atomic E-state index is 11.5. The minimum absolute atomic E-state index is 0.541. The molecule has 0 amide bonds. The van der Waals surface area contributed by atoms with Crippen molar-refractivity contribution in [1.29, 1.82) is 0 Å². The number of likely N-dealkylation sites (tertiary alicyclic amines) is 1. The molecule has 1 aliphatic heterocycles. The Bertz CT molecular complexity index is 397. The van der Waals surface area contributed by atoms with E-state index in [-0.39, 0.29) is 0 Å². The first-order valence-corrected chi connectivity index (χ1v) is 6.78. The molecular weight excluding hydrogens is 250 g/mol. The van der Waals surface area contributed by atoms with Crippen LogP contribution in [0.25, 0.3) is 0 Å². The Labute approximate surface area is 112 Å². The monoisotopic (exact) mass is 267 g/mol. The van der Waals surface area contributed by atoms with Crippen molar-refractivity contribution >= 4 is 17.6 Å². The van der Waals surface area contributed by atoms with Crippen LogP contribution in [0.5, 0.6) is 0 Å². The molecule has 0 unspecified atom stereocenters. The fraction of sp³-hybridized carbons (Fsp3) is 0.500. The van der Waals surface area contributed by atoms with Crippen molar-refractivity contribution in [2.45, 2.75) is 31.7 Å². The van der Waals surface area contributed by atoms with Crippen LogP contribution in [-0.2, 0) is 4.79 Å². The highest BCUT2D eigenvalue weighted by molar-refractivity contribution is 6.30. The molecule has 0 aromatic heterocycles. The van der Waals surface area contributed by atoms with Crippen LogP contribution in [0.2, 0.25) is 5.02 Å². The largest absolute Gasteiger partial charge is 0.480 e. The van der Waals surface area contributed by atoms with E-state index in [0.29, 0.717) is 5.02 Å². The number of hydrogen-bond acceptors (Lipinski definition) is 2. The van der Waals surface area contributed by atoms with Gasteiger partial charge in [0.15, 0.2) is 0 Å². The quantitative estimate of drug-likeness (QED) is 0.913. The highest BCUT2D eigenvalue weighted by Gasteiger charge is 2.27. The summed E-state index contributed by atoms with van der Waals surface area (Å²) in [6.45, 7) is 1.72. The molecule has 0 saturated carbocycles. The number of carboxylic acid groups (broad SMARTS) is 1. The Hall–Kier alpha value is -1.06. The van der Waals surface area contributed by atoms with Gasteiger partial charge >= 0.3 is 5.97 Å². The van der Waals surface area contributed by atoms with Gasteiger partial charge in [-0.3, -0.25) is 9.69 Å². The Balaban J connectivity index is 2.21. The van der Waals surface area contributed by atoms with Gasteiger partial charge in [-0.15, -0.1) is 0 Å². The predicted octanol–water partition coefficient (Wildman–Crippen LogP) is 3.34. The molecule has 1 atom stereocenters. The van der Waals surface area contributed by atoms with Crippen molar-refractivity contribution in [2.24, 2.45) is 0 Å². The average Bonchev–Trinajstić information content (AvgIpc) is 2.60. The highest BCUT2D eigenvalue weighted by Crippen LogP contribution is 2.25. The number of benzene rings is 1. The molecule has 2 rings (SSSR count). The topological polar surface area (TPSA) is 40.5 Å². The molecule has 3 nitrogen and oxygen atoms in total. The molecular formula is C14H18ClNO2. The summed E-state index contributed by atoms with van der Waals surface area (Å²) in [5, 5.41) is 10.1. The van der Waals surface area contributed by atoms with Crippen molar-refractivity contribution in [3.63, 3.8) is 0 Å². The average molecular weight is 268 g/mol. The van der Waals surface area contributed by atoms with E-state index in [4.69, 9.17) is 11.6 Å². The SMILES string of the molecule is O=C(O)[C@H](c1ccc(Cl)cc1)N1CCCCCC1. The summed E-state index contributed by atoms with van der Waals surface area (Å²) in [5.74, 6) is -0.778. The first-order valence-electron chi connectivity index (χ1n) is 6.41. The van der Waals surface area contributed by atoms with E-state index >= 15 is 0 Å². The number of nitrogens with zero attached hydrogens (tertiary/aromatic N) is 1. The molecule has 4 heteroatoms. The minimum atomic E-state index is -0.778. The van der Waals surface area contributed by atoms with Crippen LogP contribution in [-0.4, -0.2) is 29.1 Å². The van der Waals surface area contributed by atoms with Crippen molar-refractivity contribution < 1.29 is 9.90 Å². The van der Waals surface area contributed by atoms with Gasteiger partial charge < -0.3 is 5.11 Å². The summed E-state index contributed by atoms with van der Waals surface area (Å²) in [4.78, 5) is 13.6. The van der Waals surface area contributed by atoms with Gasteiger partial charge in [0, 0.05) is 5.02 Å². The van der Waals surface area contributed by atoms with E-state index in [1.165, 1.54) is 12.8 Å². The van der Waals surface area contributed by atoms with Crippen molar-refractivity contribution in [3.8, 4) is 0 Å². The standard InChI is InChI=1S/C14H18ClNO2/c15-12-7-5-11(6-8-12)13(14(17)18)16-9-3-1-2-4-10-16/h5-8,13H,1-4,9-10H2,(H,17,18)/t13-/m0/s1. The molecule has 1 fully saturated rings. The lowest BCUT2D eigenvalue weighted by molar-refractivity contribution is -0.143. The predicted molar refractivity (Wildman–Crippen MR) is 71.9 cm³/mol. The highest BCUT2D eigenvalue weighted by atomic mass is 35.5. The molecule has 0 bridgehead atoms. The Kier molecular flexibility index (Phi) is 4.61. The first kappa shape index (κ1) is 13.4. The number of rotatable bonds is 3. The van der Waals surface area contributed by atoms with Gasteiger partial charge in [0.25, 0.3) is 0 Å². The maximum Gasteiger partial charge on any atom is 0.325 e.